The highest BCUT2D eigenvalue weighted by Gasteiger charge is 2.50. The number of rotatable bonds is 0. The molecule has 0 saturated heterocycles. The molecule has 0 aromatic heterocycles. The minimum atomic E-state index is -1.09. The average Bonchev–Trinajstić information content (AvgIpc) is 2.05. The molecule has 2 rings (SSSR count). The number of halogens is 3. The van der Waals surface area contributed by atoms with Crippen molar-refractivity contribution in [1.29, 1.82) is 0 Å². The van der Waals surface area contributed by atoms with Gasteiger partial charge in [0.1, 0.15) is 5.75 Å². The molecule has 1 aliphatic rings. The molecule has 0 saturated carbocycles. The molecule has 14 heavy (non-hydrogen) atoms. The molecule has 1 aliphatic heterocycles. The monoisotopic (exact) mass is 250 g/mol. The van der Waals surface area contributed by atoms with Gasteiger partial charge in [-0.15, -0.1) is 0 Å². The smallest absolute Gasteiger partial charge is 0.212 e. The van der Waals surface area contributed by atoms with Crippen molar-refractivity contribution in [2.75, 3.05) is 0 Å². The van der Waals surface area contributed by atoms with E-state index < -0.39 is 9.39 Å². The van der Waals surface area contributed by atoms with Crippen LogP contribution >= 0.6 is 34.8 Å². The van der Waals surface area contributed by atoms with Crippen LogP contribution in [0, 0.1) is 0 Å². The van der Waals surface area contributed by atoms with Gasteiger partial charge >= 0.3 is 0 Å². The minimum Gasteiger partial charge on any atom is -0.469 e. The largest absolute Gasteiger partial charge is 0.469 e. The number of fused-ring (bicyclic) bond motifs is 1. The Bertz CT molecular complexity index is 325. The van der Waals surface area contributed by atoms with Gasteiger partial charge in [-0.05, 0) is 18.6 Å². The lowest BCUT2D eigenvalue weighted by Gasteiger charge is -2.40. The van der Waals surface area contributed by atoms with Crippen LogP contribution in [0.4, 0.5) is 0 Å². The number of hydrogen-bond acceptors (Lipinski definition) is 1. The van der Waals surface area contributed by atoms with Crippen LogP contribution in [0.25, 0.3) is 0 Å². The molecule has 4 heteroatoms. The van der Waals surface area contributed by atoms with Gasteiger partial charge in [-0.25, -0.2) is 0 Å². The number of hydrogen-bond donors (Lipinski definition) is 0. The molecule has 76 valence electrons. The van der Waals surface area contributed by atoms with E-state index in [1.807, 2.05) is 24.3 Å². The summed E-state index contributed by atoms with van der Waals surface area (Å²) in [6, 6.07) is 7.60. The molecule has 0 N–H and O–H groups in total. The van der Waals surface area contributed by atoms with Crippen molar-refractivity contribution in [2.45, 2.75) is 22.7 Å². The fourth-order valence-corrected chi connectivity index (χ4v) is 1.94. The van der Waals surface area contributed by atoms with E-state index in [0.717, 1.165) is 11.3 Å². The highest BCUT2D eigenvalue weighted by atomic mass is 35.5. The van der Waals surface area contributed by atoms with Crippen LogP contribution < -0.4 is 4.74 Å². The minimum absolute atomic E-state index is 0.492. The first-order valence-electron chi connectivity index (χ1n) is 4.26. The Kier molecular flexibility index (Phi) is 2.37. The Balaban J connectivity index is 2.46. The summed E-state index contributed by atoms with van der Waals surface area (Å²) in [7, 11) is 0. The first kappa shape index (κ1) is 10.4. The van der Waals surface area contributed by atoms with Crippen LogP contribution in [0.1, 0.15) is 12.5 Å². The van der Waals surface area contributed by atoms with E-state index in [0.29, 0.717) is 6.42 Å². The Morgan fingerprint density at radius 3 is 2.57 bits per heavy atom. The molecule has 1 nitrogen and oxygen atoms in total. The van der Waals surface area contributed by atoms with E-state index in [-0.39, 0.29) is 0 Å². The van der Waals surface area contributed by atoms with Crippen LogP contribution in [0.2, 0.25) is 0 Å². The molecular formula is C10H9Cl3O. The molecule has 0 spiro atoms. The predicted molar refractivity (Wildman–Crippen MR) is 59.5 cm³/mol. The first-order valence-corrected chi connectivity index (χ1v) is 5.39. The highest BCUT2D eigenvalue weighted by Crippen LogP contribution is 2.48. The Labute approximate surface area is 97.9 Å². The molecule has 1 atom stereocenters. The number of alkyl halides is 3. The lowest BCUT2D eigenvalue weighted by Crippen LogP contribution is -2.48. The third-order valence-electron chi connectivity index (χ3n) is 2.34. The molecule has 0 aliphatic carbocycles. The predicted octanol–water partition coefficient (Wildman–Crippen LogP) is 3.75. The van der Waals surface area contributed by atoms with Crippen LogP contribution in [0.15, 0.2) is 24.3 Å². The summed E-state index contributed by atoms with van der Waals surface area (Å²) < 4.78 is 4.44. The van der Waals surface area contributed by atoms with Gasteiger partial charge < -0.3 is 4.74 Å². The van der Waals surface area contributed by atoms with Crippen molar-refractivity contribution in [3.8, 4) is 5.75 Å². The summed E-state index contributed by atoms with van der Waals surface area (Å²) >= 11 is 18.3. The molecule has 1 heterocycles. The van der Waals surface area contributed by atoms with Crippen molar-refractivity contribution < 1.29 is 4.74 Å². The average molecular weight is 252 g/mol. The third kappa shape index (κ3) is 1.58. The van der Waals surface area contributed by atoms with Crippen molar-refractivity contribution in [3.05, 3.63) is 29.8 Å². The van der Waals surface area contributed by atoms with Crippen LogP contribution in [0.3, 0.4) is 0 Å². The third-order valence-corrected chi connectivity index (χ3v) is 3.92. The van der Waals surface area contributed by atoms with Gasteiger partial charge in [-0.2, -0.15) is 0 Å². The SMILES string of the molecule is CC1(Cl)Oc2ccccc2CC1(Cl)Cl. The van der Waals surface area contributed by atoms with E-state index in [1.54, 1.807) is 6.92 Å². The molecular weight excluding hydrogens is 242 g/mol. The van der Waals surface area contributed by atoms with Gasteiger partial charge in [0.15, 0.2) is 4.33 Å². The van der Waals surface area contributed by atoms with E-state index >= 15 is 0 Å². The zero-order chi connectivity index (χ0) is 10.4. The van der Waals surface area contributed by atoms with Gasteiger partial charge in [-0.3, -0.25) is 0 Å². The maximum absolute atomic E-state index is 6.11. The van der Waals surface area contributed by atoms with Crippen LogP contribution in [-0.4, -0.2) is 9.39 Å². The fourth-order valence-electron chi connectivity index (χ4n) is 1.43. The van der Waals surface area contributed by atoms with Crippen LogP contribution in [-0.2, 0) is 6.42 Å². The molecule has 0 amide bonds. The molecule has 1 aromatic carbocycles. The summed E-state index contributed by atoms with van der Waals surface area (Å²) in [5.74, 6) is 0.752. The highest BCUT2D eigenvalue weighted by molar-refractivity contribution is 6.53. The van der Waals surface area contributed by atoms with E-state index in [4.69, 9.17) is 39.5 Å². The molecule has 1 aromatic rings. The standard InChI is InChI=1S/C10H9Cl3O/c1-9(11)10(12,13)6-7-4-2-3-5-8(7)14-9/h2-5H,6H2,1H3. The van der Waals surface area contributed by atoms with Crippen LogP contribution in [0.5, 0.6) is 5.75 Å². The number of benzene rings is 1. The molecule has 0 radical (unpaired) electrons. The lowest BCUT2D eigenvalue weighted by atomic mass is 10.0. The van der Waals surface area contributed by atoms with Crippen molar-refractivity contribution in [2.24, 2.45) is 0 Å². The van der Waals surface area contributed by atoms with Gasteiger partial charge in [0.25, 0.3) is 0 Å². The van der Waals surface area contributed by atoms with Crippen molar-refractivity contribution >= 4 is 34.8 Å². The topological polar surface area (TPSA) is 9.23 Å². The molecule has 0 fully saturated rings. The maximum Gasteiger partial charge on any atom is 0.212 e. The molecule has 0 bridgehead atoms. The number of ether oxygens (including phenoxy) is 1. The van der Waals surface area contributed by atoms with Gasteiger partial charge in [-0.1, -0.05) is 53.0 Å². The summed E-state index contributed by atoms with van der Waals surface area (Å²) in [6.45, 7) is 1.67. The quantitative estimate of drug-likeness (QED) is 0.638. The van der Waals surface area contributed by atoms with Crippen molar-refractivity contribution in [3.63, 3.8) is 0 Å². The van der Waals surface area contributed by atoms with Crippen molar-refractivity contribution in [1.82, 2.24) is 0 Å². The first-order chi connectivity index (χ1) is 6.42. The summed E-state index contributed by atoms with van der Waals surface area (Å²) in [4.78, 5) is 0. The second-order valence-electron chi connectivity index (χ2n) is 3.51. The summed E-state index contributed by atoms with van der Waals surface area (Å²) in [5.41, 5.74) is 0.982. The second-order valence-corrected chi connectivity index (χ2v) is 5.71. The lowest BCUT2D eigenvalue weighted by molar-refractivity contribution is 0.139. The summed E-state index contributed by atoms with van der Waals surface area (Å²) in [5, 5.41) is -1.08. The van der Waals surface area contributed by atoms with E-state index in [9.17, 15) is 0 Å². The van der Waals surface area contributed by atoms with Gasteiger partial charge in [0.2, 0.25) is 5.06 Å². The maximum atomic E-state index is 6.11. The van der Waals surface area contributed by atoms with E-state index in [2.05, 4.69) is 0 Å². The zero-order valence-corrected chi connectivity index (χ0v) is 9.83. The normalized spacial score (nSPS) is 29.1. The second kappa shape index (κ2) is 3.19. The van der Waals surface area contributed by atoms with E-state index in [1.165, 1.54) is 0 Å². The Hall–Kier alpha value is -0.110. The zero-order valence-electron chi connectivity index (χ0n) is 7.56. The van der Waals surface area contributed by atoms with Gasteiger partial charge in [0.05, 0.1) is 0 Å². The Morgan fingerprint density at radius 1 is 1.21 bits per heavy atom. The Morgan fingerprint density at radius 2 is 1.86 bits per heavy atom. The summed E-state index contributed by atoms with van der Waals surface area (Å²) in [6.07, 6.45) is 0.492. The molecule has 1 unspecified atom stereocenters. The fraction of sp³-hybridized carbons (Fsp3) is 0.400. The van der Waals surface area contributed by atoms with Gasteiger partial charge in [0, 0.05) is 6.42 Å². The number of para-hydroxylation sites is 1.